The first kappa shape index (κ1) is 18.3. The van der Waals surface area contributed by atoms with Gasteiger partial charge in [0.2, 0.25) is 9.84 Å². The molecule has 0 radical (unpaired) electrons. The number of benzene rings is 3. The molecule has 1 aliphatic heterocycles. The second-order valence-corrected chi connectivity index (χ2v) is 9.31. The molecule has 0 aliphatic carbocycles. The van der Waals surface area contributed by atoms with Crippen LogP contribution in [0, 0.1) is 0 Å². The quantitative estimate of drug-likeness (QED) is 0.474. The molecule has 1 aliphatic rings. The summed E-state index contributed by atoms with van der Waals surface area (Å²) in [6.07, 6.45) is 1.11. The number of nitrogens with one attached hydrogen (secondary N) is 3. The predicted octanol–water partition coefficient (Wildman–Crippen LogP) is 3.00. The average Bonchev–Trinajstić information content (AvgIpc) is 3.41. The molecule has 2 heterocycles. The lowest BCUT2D eigenvalue weighted by atomic mass is 10.1. The number of aromatic amines is 1. The number of hydrogen-bond acceptors (Lipinski definition) is 5. The zero-order chi connectivity index (χ0) is 19.8. The van der Waals surface area contributed by atoms with Crippen molar-refractivity contribution in [2.75, 3.05) is 13.1 Å². The molecule has 3 aromatic carbocycles. The van der Waals surface area contributed by atoms with Crippen molar-refractivity contribution in [1.29, 1.82) is 0 Å². The van der Waals surface area contributed by atoms with Crippen molar-refractivity contribution in [2.24, 2.45) is 0 Å². The molecular weight excluding hydrogens is 384 g/mol. The van der Waals surface area contributed by atoms with E-state index in [1.807, 2.05) is 48.5 Å². The van der Waals surface area contributed by atoms with Crippen LogP contribution in [0.2, 0.25) is 0 Å². The van der Waals surface area contributed by atoms with Gasteiger partial charge in [-0.05, 0) is 42.1 Å². The van der Waals surface area contributed by atoms with Gasteiger partial charge < -0.3 is 10.6 Å². The lowest BCUT2D eigenvalue weighted by Gasteiger charge is -2.11. The van der Waals surface area contributed by atoms with Gasteiger partial charge in [-0.3, -0.25) is 5.10 Å². The Bertz CT molecular complexity index is 1290. The van der Waals surface area contributed by atoms with E-state index in [1.54, 1.807) is 12.1 Å². The van der Waals surface area contributed by atoms with Gasteiger partial charge in [0.05, 0.1) is 10.4 Å². The highest BCUT2D eigenvalue weighted by molar-refractivity contribution is 7.91. The summed E-state index contributed by atoms with van der Waals surface area (Å²) in [6.45, 7) is 2.70. The van der Waals surface area contributed by atoms with E-state index in [0.717, 1.165) is 30.5 Å². The van der Waals surface area contributed by atoms with Crippen LogP contribution in [-0.4, -0.2) is 37.7 Å². The molecule has 1 saturated heterocycles. The lowest BCUT2D eigenvalue weighted by Crippen LogP contribution is -2.30. The summed E-state index contributed by atoms with van der Waals surface area (Å²) in [5.74, 6) is 0. The second-order valence-electron chi connectivity index (χ2n) is 7.46. The van der Waals surface area contributed by atoms with E-state index in [-0.39, 0.29) is 5.03 Å². The lowest BCUT2D eigenvalue weighted by molar-refractivity contribution is 0.547. The molecule has 1 atom stereocenters. The van der Waals surface area contributed by atoms with E-state index >= 15 is 0 Å². The molecule has 1 unspecified atom stereocenters. The highest BCUT2D eigenvalue weighted by Gasteiger charge is 2.25. The highest BCUT2D eigenvalue weighted by atomic mass is 32.2. The summed E-state index contributed by atoms with van der Waals surface area (Å²) in [5, 5.41) is 16.3. The van der Waals surface area contributed by atoms with Crippen LogP contribution in [-0.2, 0) is 16.4 Å². The number of rotatable bonds is 5. The summed E-state index contributed by atoms with van der Waals surface area (Å²) in [5.41, 5.74) is 1.69. The Morgan fingerprint density at radius 3 is 2.76 bits per heavy atom. The van der Waals surface area contributed by atoms with Crippen LogP contribution < -0.4 is 10.6 Å². The summed E-state index contributed by atoms with van der Waals surface area (Å²) in [7, 11) is -3.74. The minimum atomic E-state index is -3.74. The van der Waals surface area contributed by atoms with Crippen molar-refractivity contribution >= 4 is 31.5 Å². The van der Waals surface area contributed by atoms with Crippen LogP contribution in [0.25, 0.3) is 21.7 Å². The first-order chi connectivity index (χ1) is 14.1. The number of hydrogen-bond donors (Lipinski definition) is 3. The van der Waals surface area contributed by atoms with Crippen LogP contribution in [0.15, 0.2) is 70.6 Å². The fourth-order valence-corrected chi connectivity index (χ4v) is 5.55. The minimum absolute atomic E-state index is 0.147. The van der Waals surface area contributed by atoms with Crippen LogP contribution in [0.5, 0.6) is 0 Å². The fraction of sp³-hybridized carbons (Fsp3) is 0.227. The number of H-pyrrole nitrogens is 1. The molecule has 0 bridgehead atoms. The Morgan fingerprint density at radius 1 is 1.03 bits per heavy atom. The summed E-state index contributed by atoms with van der Waals surface area (Å²) < 4.78 is 27.0. The van der Waals surface area contributed by atoms with E-state index in [4.69, 9.17) is 0 Å². The molecule has 0 amide bonds. The van der Waals surface area contributed by atoms with E-state index in [9.17, 15) is 8.42 Å². The summed E-state index contributed by atoms with van der Waals surface area (Å²) >= 11 is 0. The van der Waals surface area contributed by atoms with E-state index in [1.165, 1.54) is 0 Å². The van der Waals surface area contributed by atoms with Gasteiger partial charge in [-0.1, -0.05) is 42.5 Å². The Morgan fingerprint density at radius 2 is 1.90 bits per heavy atom. The van der Waals surface area contributed by atoms with Gasteiger partial charge in [0.1, 0.15) is 0 Å². The van der Waals surface area contributed by atoms with Gasteiger partial charge in [-0.25, -0.2) is 8.42 Å². The molecule has 3 N–H and O–H groups in total. The second kappa shape index (κ2) is 7.26. The molecular formula is C22H22N4O2S. The number of nitrogens with zero attached hydrogens (tertiary/aromatic N) is 1. The highest BCUT2D eigenvalue weighted by Crippen LogP contribution is 2.31. The first-order valence-corrected chi connectivity index (χ1v) is 11.3. The number of fused-ring (bicyclic) bond motifs is 2. The number of sulfone groups is 1. The van der Waals surface area contributed by atoms with Crippen LogP contribution >= 0.6 is 0 Å². The van der Waals surface area contributed by atoms with Gasteiger partial charge in [-0.15, -0.1) is 0 Å². The molecule has 5 rings (SSSR count). The van der Waals surface area contributed by atoms with Gasteiger partial charge in [0, 0.05) is 29.9 Å². The molecule has 4 aromatic rings. The predicted molar refractivity (Wildman–Crippen MR) is 114 cm³/mol. The van der Waals surface area contributed by atoms with Gasteiger partial charge in [0.25, 0.3) is 0 Å². The SMILES string of the molecule is O=S(=O)(c1cccc2ccccc12)c1[nH]nc2ccc(CNC3CCNC3)cc12. The van der Waals surface area contributed by atoms with Crippen LogP contribution in [0.3, 0.4) is 0 Å². The van der Waals surface area contributed by atoms with Crippen molar-refractivity contribution in [2.45, 2.75) is 28.9 Å². The maximum atomic E-state index is 13.5. The summed E-state index contributed by atoms with van der Waals surface area (Å²) in [4.78, 5) is 0.293. The molecule has 0 spiro atoms. The third-order valence-corrected chi connectivity index (χ3v) is 7.33. The molecule has 1 fully saturated rings. The zero-order valence-corrected chi connectivity index (χ0v) is 16.7. The Labute approximate surface area is 169 Å². The standard InChI is InChI=1S/C22H22N4O2S/c27-29(28,21-7-3-5-16-4-1-2-6-18(16)21)22-19-12-15(8-9-20(19)25-26-22)13-24-17-10-11-23-14-17/h1-9,12,17,23-24H,10-11,13-14H2,(H,25,26). The van der Waals surface area contributed by atoms with Crippen molar-refractivity contribution in [1.82, 2.24) is 20.8 Å². The number of aromatic nitrogens is 2. The molecule has 6 nitrogen and oxygen atoms in total. The average molecular weight is 407 g/mol. The molecule has 1 aromatic heterocycles. The van der Waals surface area contributed by atoms with Gasteiger partial charge in [0.15, 0.2) is 5.03 Å². The normalized spacial score (nSPS) is 17.3. The van der Waals surface area contributed by atoms with Gasteiger partial charge in [-0.2, -0.15) is 5.10 Å². The first-order valence-electron chi connectivity index (χ1n) is 9.77. The van der Waals surface area contributed by atoms with Gasteiger partial charge >= 0.3 is 0 Å². The fourth-order valence-electron chi connectivity index (χ4n) is 3.98. The van der Waals surface area contributed by atoms with Crippen molar-refractivity contribution in [3.63, 3.8) is 0 Å². The summed E-state index contributed by atoms with van der Waals surface area (Å²) in [6, 6.07) is 19.1. The molecule has 29 heavy (non-hydrogen) atoms. The van der Waals surface area contributed by atoms with Crippen molar-refractivity contribution < 1.29 is 8.42 Å². The maximum absolute atomic E-state index is 13.5. The minimum Gasteiger partial charge on any atom is -0.315 e. The molecule has 148 valence electrons. The third-order valence-electron chi connectivity index (χ3n) is 5.55. The zero-order valence-electron chi connectivity index (χ0n) is 15.9. The van der Waals surface area contributed by atoms with E-state index in [2.05, 4.69) is 20.8 Å². The molecule has 0 saturated carbocycles. The van der Waals surface area contributed by atoms with Crippen LogP contribution in [0.4, 0.5) is 0 Å². The Hall–Kier alpha value is -2.74. The van der Waals surface area contributed by atoms with Crippen molar-refractivity contribution in [3.05, 3.63) is 66.2 Å². The Kier molecular flexibility index (Phi) is 4.58. The van der Waals surface area contributed by atoms with Crippen molar-refractivity contribution in [3.8, 4) is 0 Å². The monoisotopic (exact) mass is 406 g/mol. The van der Waals surface area contributed by atoms with E-state index < -0.39 is 9.84 Å². The molecule has 7 heteroatoms. The largest absolute Gasteiger partial charge is 0.315 e. The third kappa shape index (κ3) is 3.31. The topological polar surface area (TPSA) is 86.9 Å². The van der Waals surface area contributed by atoms with E-state index in [0.29, 0.717) is 33.8 Å². The smallest absolute Gasteiger partial charge is 0.224 e. The Balaban J connectivity index is 1.55. The maximum Gasteiger partial charge on any atom is 0.224 e. The van der Waals surface area contributed by atoms with Crippen LogP contribution in [0.1, 0.15) is 12.0 Å².